The van der Waals surface area contributed by atoms with Crippen LogP contribution in [0.2, 0.25) is 5.02 Å². The van der Waals surface area contributed by atoms with E-state index in [4.69, 9.17) is 17.3 Å². The predicted octanol–water partition coefficient (Wildman–Crippen LogP) is 4.12. The van der Waals surface area contributed by atoms with Gasteiger partial charge in [0.1, 0.15) is 11.6 Å². The maximum absolute atomic E-state index is 13.8. The second-order valence-electron chi connectivity index (χ2n) is 5.30. The average Bonchev–Trinajstić information content (AvgIpc) is 2.37. The van der Waals surface area contributed by atoms with E-state index in [9.17, 15) is 8.78 Å². The first-order valence-corrected chi connectivity index (χ1v) is 6.72. The molecule has 0 spiro atoms. The van der Waals surface area contributed by atoms with Crippen molar-refractivity contribution in [2.45, 2.75) is 25.3 Å². The number of hydrogen-bond acceptors (Lipinski definition) is 1. The standard InChI is InChI=1S/C16H16ClF2N/c1-16(20,9-11-5-2-3-7-14(11)18)10-12-13(17)6-4-8-15(12)19/h2-8H,9-10,20H2,1H3. The van der Waals surface area contributed by atoms with E-state index >= 15 is 0 Å². The fourth-order valence-corrected chi connectivity index (χ4v) is 2.47. The van der Waals surface area contributed by atoms with E-state index in [2.05, 4.69) is 0 Å². The smallest absolute Gasteiger partial charge is 0.127 e. The fourth-order valence-electron chi connectivity index (χ4n) is 2.24. The molecule has 2 aromatic carbocycles. The predicted molar refractivity (Wildman–Crippen MR) is 77.8 cm³/mol. The summed E-state index contributed by atoms with van der Waals surface area (Å²) in [5.74, 6) is -0.688. The van der Waals surface area contributed by atoms with Crippen molar-refractivity contribution in [2.75, 3.05) is 0 Å². The van der Waals surface area contributed by atoms with Gasteiger partial charge >= 0.3 is 0 Å². The maximum atomic E-state index is 13.8. The van der Waals surface area contributed by atoms with Crippen LogP contribution in [-0.4, -0.2) is 5.54 Å². The van der Waals surface area contributed by atoms with E-state index in [1.165, 1.54) is 12.1 Å². The van der Waals surface area contributed by atoms with Gasteiger partial charge in [-0.25, -0.2) is 8.78 Å². The summed E-state index contributed by atoms with van der Waals surface area (Å²) in [6.45, 7) is 1.77. The van der Waals surface area contributed by atoms with Crippen molar-refractivity contribution in [2.24, 2.45) is 5.73 Å². The lowest BCUT2D eigenvalue weighted by molar-refractivity contribution is 0.441. The highest BCUT2D eigenvalue weighted by atomic mass is 35.5. The Kier molecular flexibility index (Phi) is 4.41. The first kappa shape index (κ1) is 14.9. The van der Waals surface area contributed by atoms with Crippen molar-refractivity contribution in [3.05, 3.63) is 70.2 Å². The molecular formula is C16H16ClF2N. The second-order valence-corrected chi connectivity index (χ2v) is 5.71. The van der Waals surface area contributed by atoms with E-state index in [1.54, 1.807) is 37.3 Å². The summed E-state index contributed by atoms with van der Waals surface area (Å²) in [4.78, 5) is 0. The molecule has 0 saturated carbocycles. The Morgan fingerprint density at radius 2 is 1.65 bits per heavy atom. The average molecular weight is 296 g/mol. The van der Waals surface area contributed by atoms with Gasteiger partial charge in [-0.2, -0.15) is 0 Å². The zero-order valence-corrected chi connectivity index (χ0v) is 11.9. The molecule has 0 fully saturated rings. The topological polar surface area (TPSA) is 26.0 Å². The molecule has 0 amide bonds. The number of benzene rings is 2. The van der Waals surface area contributed by atoms with E-state index in [0.29, 0.717) is 22.6 Å². The van der Waals surface area contributed by atoms with Crippen molar-refractivity contribution >= 4 is 11.6 Å². The summed E-state index contributed by atoms with van der Waals surface area (Å²) < 4.78 is 27.4. The van der Waals surface area contributed by atoms with Crippen LogP contribution in [0.1, 0.15) is 18.1 Å². The molecule has 2 rings (SSSR count). The molecule has 106 valence electrons. The molecule has 4 heteroatoms. The zero-order chi connectivity index (χ0) is 14.8. The minimum absolute atomic E-state index is 0.243. The summed E-state index contributed by atoms with van der Waals surface area (Å²) in [7, 11) is 0. The Balaban J connectivity index is 2.21. The lowest BCUT2D eigenvalue weighted by atomic mass is 9.87. The van der Waals surface area contributed by atoms with Gasteiger partial charge in [-0.1, -0.05) is 35.9 Å². The van der Waals surface area contributed by atoms with Gasteiger partial charge in [0.05, 0.1) is 0 Å². The molecule has 2 aromatic rings. The normalized spacial score (nSPS) is 14.1. The summed E-state index contributed by atoms with van der Waals surface area (Å²) in [5.41, 5.74) is 6.30. The summed E-state index contributed by atoms with van der Waals surface area (Å²) in [6, 6.07) is 11.0. The number of nitrogens with two attached hydrogens (primary N) is 1. The van der Waals surface area contributed by atoms with E-state index < -0.39 is 5.54 Å². The number of rotatable bonds is 4. The third-order valence-electron chi connectivity index (χ3n) is 3.19. The Labute approximate surface area is 122 Å². The highest BCUT2D eigenvalue weighted by Gasteiger charge is 2.24. The SMILES string of the molecule is CC(N)(Cc1ccccc1F)Cc1c(F)cccc1Cl. The van der Waals surface area contributed by atoms with Crippen LogP contribution in [0.25, 0.3) is 0 Å². The molecule has 1 atom stereocenters. The highest BCUT2D eigenvalue weighted by molar-refractivity contribution is 6.31. The van der Waals surface area contributed by atoms with Crippen LogP contribution in [0.15, 0.2) is 42.5 Å². The van der Waals surface area contributed by atoms with Crippen LogP contribution < -0.4 is 5.73 Å². The van der Waals surface area contributed by atoms with Crippen molar-refractivity contribution in [3.63, 3.8) is 0 Å². The number of hydrogen-bond donors (Lipinski definition) is 1. The molecule has 0 aliphatic carbocycles. The first-order chi connectivity index (χ1) is 9.39. The third kappa shape index (κ3) is 3.56. The quantitative estimate of drug-likeness (QED) is 0.902. The van der Waals surface area contributed by atoms with Crippen molar-refractivity contribution in [1.82, 2.24) is 0 Å². The van der Waals surface area contributed by atoms with Crippen molar-refractivity contribution < 1.29 is 8.78 Å². The van der Waals surface area contributed by atoms with Crippen LogP contribution in [0.5, 0.6) is 0 Å². The molecule has 1 nitrogen and oxygen atoms in total. The lowest BCUT2D eigenvalue weighted by Crippen LogP contribution is -2.41. The van der Waals surface area contributed by atoms with Gasteiger partial charge in [0, 0.05) is 16.1 Å². The van der Waals surface area contributed by atoms with Crippen LogP contribution in [-0.2, 0) is 12.8 Å². The Morgan fingerprint density at radius 3 is 2.30 bits per heavy atom. The Hall–Kier alpha value is -1.45. The third-order valence-corrected chi connectivity index (χ3v) is 3.55. The molecule has 20 heavy (non-hydrogen) atoms. The van der Waals surface area contributed by atoms with Crippen LogP contribution in [0, 0.1) is 11.6 Å². The molecule has 2 N–H and O–H groups in total. The van der Waals surface area contributed by atoms with E-state index in [1.807, 2.05) is 0 Å². The van der Waals surface area contributed by atoms with Gasteiger partial charge in [-0.05, 0) is 43.5 Å². The lowest BCUT2D eigenvalue weighted by Gasteiger charge is -2.26. The molecule has 0 saturated heterocycles. The van der Waals surface area contributed by atoms with Gasteiger partial charge in [0.25, 0.3) is 0 Å². The van der Waals surface area contributed by atoms with Gasteiger partial charge in [-0.15, -0.1) is 0 Å². The molecule has 0 aliphatic heterocycles. The second kappa shape index (κ2) is 5.90. The first-order valence-electron chi connectivity index (χ1n) is 6.34. The molecule has 0 aromatic heterocycles. The molecule has 0 bridgehead atoms. The minimum atomic E-state index is -0.784. The monoisotopic (exact) mass is 295 g/mol. The van der Waals surface area contributed by atoms with Crippen LogP contribution >= 0.6 is 11.6 Å². The van der Waals surface area contributed by atoms with E-state index in [-0.39, 0.29) is 18.1 Å². The largest absolute Gasteiger partial charge is 0.325 e. The zero-order valence-electron chi connectivity index (χ0n) is 11.2. The van der Waals surface area contributed by atoms with Crippen molar-refractivity contribution in [1.29, 1.82) is 0 Å². The fraction of sp³-hybridized carbons (Fsp3) is 0.250. The van der Waals surface area contributed by atoms with Crippen LogP contribution in [0.4, 0.5) is 8.78 Å². The molecular weight excluding hydrogens is 280 g/mol. The molecule has 0 aliphatic rings. The molecule has 1 unspecified atom stereocenters. The Morgan fingerprint density at radius 1 is 1.00 bits per heavy atom. The molecule has 0 radical (unpaired) electrons. The van der Waals surface area contributed by atoms with Gasteiger partial charge in [0.2, 0.25) is 0 Å². The summed E-state index contributed by atoms with van der Waals surface area (Å²) in [5, 5.41) is 0.343. The van der Waals surface area contributed by atoms with Crippen molar-refractivity contribution in [3.8, 4) is 0 Å². The number of halogens is 3. The van der Waals surface area contributed by atoms with E-state index in [0.717, 1.165) is 0 Å². The van der Waals surface area contributed by atoms with Gasteiger partial charge in [-0.3, -0.25) is 0 Å². The highest BCUT2D eigenvalue weighted by Crippen LogP contribution is 2.25. The maximum Gasteiger partial charge on any atom is 0.127 e. The van der Waals surface area contributed by atoms with Gasteiger partial charge < -0.3 is 5.73 Å². The summed E-state index contributed by atoms with van der Waals surface area (Å²) >= 11 is 6.00. The van der Waals surface area contributed by atoms with Gasteiger partial charge in [0.15, 0.2) is 0 Å². The Bertz CT molecular complexity index is 591. The minimum Gasteiger partial charge on any atom is -0.325 e. The van der Waals surface area contributed by atoms with Crippen LogP contribution in [0.3, 0.4) is 0 Å². The summed E-state index contributed by atoms with van der Waals surface area (Å²) in [6.07, 6.45) is 0.553. The molecule has 0 heterocycles.